The molecule has 0 saturated heterocycles. The number of allylic oxidation sites excluding steroid dienone is 3. The molecule has 0 heteroatoms. The van der Waals surface area contributed by atoms with Crippen LogP contribution in [0.2, 0.25) is 0 Å². The van der Waals surface area contributed by atoms with Gasteiger partial charge in [-0.2, -0.15) is 0 Å². The van der Waals surface area contributed by atoms with Gasteiger partial charge in [0, 0.05) is 0 Å². The van der Waals surface area contributed by atoms with Crippen molar-refractivity contribution >= 4 is 6.08 Å². The summed E-state index contributed by atoms with van der Waals surface area (Å²) in [6, 6.07) is 10.0. The third-order valence-corrected chi connectivity index (χ3v) is 1.38. The third-order valence-electron chi connectivity index (χ3n) is 1.38. The van der Waals surface area contributed by atoms with Gasteiger partial charge in [0.05, 0.1) is 0 Å². The molecule has 0 amide bonds. The summed E-state index contributed by atoms with van der Waals surface area (Å²) < 4.78 is 0. The van der Waals surface area contributed by atoms with E-state index in [-0.39, 0.29) is 0 Å². The van der Waals surface area contributed by atoms with Crippen LogP contribution in [0.25, 0.3) is 6.08 Å². The average molecular weight is 228 g/mol. The van der Waals surface area contributed by atoms with Crippen LogP contribution in [0.3, 0.4) is 0 Å². The summed E-state index contributed by atoms with van der Waals surface area (Å²) in [7, 11) is 0. The molecular weight excluding hydrogens is 204 g/mol. The van der Waals surface area contributed by atoms with Crippen LogP contribution < -0.4 is 0 Å². The van der Waals surface area contributed by atoms with Crippen LogP contribution in [-0.4, -0.2) is 0 Å². The van der Waals surface area contributed by atoms with Crippen LogP contribution in [-0.2, 0) is 0 Å². The zero-order valence-electron chi connectivity index (χ0n) is 11.4. The predicted octanol–water partition coefficient (Wildman–Crippen LogP) is 5.66. The lowest BCUT2D eigenvalue weighted by atomic mass is 10.2. The Kier molecular flexibility index (Phi) is 12.7. The fraction of sp³-hybridized carbons (Fsp3) is 0.176. The molecule has 1 aromatic carbocycles. The molecule has 0 spiro atoms. The summed E-state index contributed by atoms with van der Waals surface area (Å²) in [6.07, 6.45) is 3.56. The topological polar surface area (TPSA) is 0 Å². The highest BCUT2D eigenvalue weighted by atomic mass is 13.8. The van der Waals surface area contributed by atoms with Crippen molar-refractivity contribution in [1.82, 2.24) is 0 Å². The highest BCUT2D eigenvalue weighted by molar-refractivity contribution is 5.45. The Morgan fingerprint density at radius 3 is 1.47 bits per heavy atom. The second kappa shape index (κ2) is 12.3. The normalized spacial score (nSPS) is 7.47. The zero-order chi connectivity index (χ0) is 13.7. The monoisotopic (exact) mass is 228 g/mol. The quantitative estimate of drug-likeness (QED) is 0.452. The van der Waals surface area contributed by atoms with E-state index in [1.807, 2.05) is 57.2 Å². The second-order valence-electron chi connectivity index (χ2n) is 3.87. The minimum Gasteiger partial charge on any atom is -0.100 e. The summed E-state index contributed by atoms with van der Waals surface area (Å²) in [4.78, 5) is 0. The number of benzene rings is 1. The van der Waals surface area contributed by atoms with Crippen molar-refractivity contribution in [3.63, 3.8) is 0 Å². The van der Waals surface area contributed by atoms with Crippen LogP contribution >= 0.6 is 0 Å². The lowest BCUT2D eigenvalue weighted by molar-refractivity contribution is 1.42. The molecule has 0 fully saturated rings. The van der Waals surface area contributed by atoms with Gasteiger partial charge in [0.15, 0.2) is 0 Å². The fourth-order valence-electron chi connectivity index (χ4n) is 0.589. The number of hydrogen-bond donors (Lipinski definition) is 0. The van der Waals surface area contributed by atoms with Gasteiger partial charge in [0.25, 0.3) is 0 Å². The second-order valence-corrected chi connectivity index (χ2v) is 3.87. The third kappa shape index (κ3) is 20.3. The van der Waals surface area contributed by atoms with E-state index in [0.29, 0.717) is 0 Å². The zero-order valence-corrected chi connectivity index (χ0v) is 11.4. The van der Waals surface area contributed by atoms with Gasteiger partial charge >= 0.3 is 0 Å². The lowest BCUT2D eigenvalue weighted by Crippen LogP contribution is -1.63. The Morgan fingerprint density at radius 2 is 1.29 bits per heavy atom. The van der Waals surface area contributed by atoms with E-state index < -0.39 is 0 Å². The first-order valence-corrected chi connectivity index (χ1v) is 5.51. The summed E-state index contributed by atoms with van der Waals surface area (Å²) in [5.74, 6) is 0. The van der Waals surface area contributed by atoms with Crippen molar-refractivity contribution in [2.24, 2.45) is 0 Å². The SMILES string of the molecule is C=C(C)C.C=CC(=C)C.C=Cc1ccccc1. The van der Waals surface area contributed by atoms with Crippen LogP contribution in [0.4, 0.5) is 0 Å². The van der Waals surface area contributed by atoms with Crippen molar-refractivity contribution in [3.8, 4) is 0 Å². The van der Waals surface area contributed by atoms with Gasteiger partial charge in [-0.3, -0.25) is 0 Å². The van der Waals surface area contributed by atoms with Crippen molar-refractivity contribution in [3.05, 3.63) is 79.4 Å². The Hall–Kier alpha value is -1.82. The van der Waals surface area contributed by atoms with E-state index in [1.54, 1.807) is 6.08 Å². The molecule has 92 valence electrons. The Balaban J connectivity index is 0. The van der Waals surface area contributed by atoms with Crippen LogP contribution in [0, 0.1) is 0 Å². The molecule has 0 aliphatic rings. The van der Waals surface area contributed by atoms with Gasteiger partial charge in [0.2, 0.25) is 0 Å². The van der Waals surface area contributed by atoms with Crippen LogP contribution in [0.15, 0.2) is 73.9 Å². The van der Waals surface area contributed by atoms with E-state index in [2.05, 4.69) is 26.3 Å². The van der Waals surface area contributed by atoms with Crippen molar-refractivity contribution < 1.29 is 0 Å². The summed E-state index contributed by atoms with van der Waals surface area (Å²) in [5.41, 5.74) is 3.36. The van der Waals surface area contributed by atoms with Crippen LogP contribution in [0.5, 0.6) is 0 Å². The molecule has 0 bridgehead atoms. The average Bonchev–Trinajstić information content (AvgIpc) is 2.30. The molecule has 0 aliphatic carbocycles. The smallest absolute Gasteiger partial charge is 0.0263 e. The number of rotatable bonds is 2. The molecule has 0 saturated carbocycles. The van der Waals surface area contributed by atoms with Gasteiger partial charge in [0.1, 0.15) is 0 Å². The van der Waals surface area contributed by atoms with E-state index in [1.165, 1.54) is 11.1 Å². The Labute approximate surface area is 107 Å². The standard InChI is InChI=1S/C8H8.C5H8.C4H8/c1-2-8-6-4-3-5-7-8;1-4-5(2)3;1-4(2)3/h2-7H,1H2;4H,1-2H2,3H3;1H2,2-3H3. The van der Waals surface area contributed by atoms with E-state index >= 15 is 0 Å². The maximum Gasteiger partial charge on any atom is -0.0263 e. The molecule has 0 radical (unpaired) electrons. The molecule has 0 unspecified atom stereocenters. The highest BCUT2D eigenvalue weighted by Gasteiger charge is 1.75. The molecule has 17 heavy (non-hydrogen) atoms. The van der Waals surface area contributed by atoms with E-state index in [4.69, 9.17) is 0 Å². The maximum absolute atomic E-state index is 3.63. The van der Waals surface area contributed by atoms with E-state index in [0.717, 1.165) is 5.57 Å². The molecule has 1 aromatic rings. The van der Waals surface area contributed by atoms with Crippen molar-refractivity contribution in [2.75, 3.05) is 0 Å². The summed E-state index contributed by atoms with van der Waals surface area (Å²) >= 11 is 0. The number of hydrogen-bond acceptors (Lipinski definition) is 0. The minimum atomic E-state index is 1.02. The first kappa shape index (κ1) is 17.6. The van der Waals surface area contributed by atoms with Gasteiger partial charge < -0.3 is 0 Å². The molecule has 0 aromatic heterocycles. The molecule has 1 rings (SSSR count). The minimum absolute atomic E-state index is 1.02. The van der Waals surface area contributed by atoms with Gasteiger partial charge in [-0.15, -0.1) is 6.58 Å². The van der Waals surface area contributed by atoms with Gasteiger partial charge in [-0.1, -0.05) is 73.4 Å². The van der Waals surface area contributed by atoms with Crippen LogP contribution in [0.1, 0.15) is 26.3 Å². The first-order chi connectivity index (χ1) is 7.93. The van der Waals surface area contributed by atoms with Gasteiger partial charge in [-0.25, -0.2) is 0 Å². The molecule has 0 N–H and O–H groups in total. The largest absolute Gasteiger partial charge is 0.100 e. The summed E-state index contributed by atoms with van der Waals surface area (Å²) in [6.45, 7) is 20.1. The highest BCUT2D eigenvalue weighted by Crippen LogP contribution is 1.97. The van der Waals surface area contributed by atoms with E-state index in [9.17, 15) is 0 Å². The maximum atomic E-state index is 3.63. The molecule has 0 nitrogen and oxygen atoms in total. The van der Waals surface area contributed by atoms with Crippen molar-refractivity contribution in [2.45, 2.75) is 20.8 Å². The Morgan fingerprint density at radius 1 is 0.941 bits per heavy atom. The fourth-order valence-corrected chi connectivity index (χ4v) is 0.589. The first-order valence-electron chi connectivity index (χ1n) is 5.51. The van der Waals surface area contributed by atoms with Gasteiger partial charge in [-0.05, 0) is 26.3 Å². The molecular formula is C17H24. The Bertz CT molecular complexity index is 338. The van der Waals surface area contributed by atoms with Crippen molar-refractivity contribution in [1.29, 1.82) is 0 Å². The molecule has 0 aliphatic heterocycles. The molecule has 0 atom stereocenters. The lowest BCUT2D eigenvalue weighted by Gasteiger charge is -1.85. The predicted molar refractivity (Wildman–Crippen MR) is 82.0 cm³/mol. The molecule has 0 heterocycles. The summed E-state index contributed by atoms with van der Waals surface area (Å²) in [5, 5.41) is 0.